The average molecular weight is 293 g/mol. The van der Waals surface area contributed by atoms with Gasteiger partial charge in [0.15, 0.2) is 5.13 Å². The lowest BCUT2D eigenvalue weighted by molar-refractivity contribution is 0.334. The summed E-state index contributed by atoms with van der Waals surface area (Å²) in [6.07, 6.45) is 5.21. The fourth-order valence-electron chi connectivity index (χ4n) is 2.53. The fourth-order valence-corrected chi connectivity index (χ4v) is 4.18. The topological polar surface area (TPSA) is 42.1 Å². The molecule has 3 heterocycles. The molecule has 0 aliphatic carbocycles. The summed E-state index contributed by atoms with van der Waals surface area (Å²) < 4.78 is 0. The van der Waals surface area contributed by atoms with Crippen molar-refractivity contribution in [3.05, 3.63) is 22.4 Å². The monoisotopic (exact) mass is 293 g/mol. The largest absolute Gasteiger partial charge is 0.375 e. The van der Waals surface area contributed by atoms with E-state index in [1.165, 1.54) is 66.4 Å². The molecule has 0 radical (unpaired) electrons. The lowest BCUT2D eigenvalue weighted by Crippen LogP contribution is -2.20. The molecule has 0 atom stereocenters. The molecule has 0 saturated carbocycles. The van der Waals surface area contributed by atoms with Crippen LogP contribution >= 0.6 is 22.7 Å². The second kappa shape index (κ2) is 6.03. The highest BCUT2D eigenvalue weighted by molar-refractivity contribution is 7.16. The van der Waals surface area contributed by atoms with Crippen LogP contribution in [-0.4, -0.2) is 29.5 Å². The molecule has 1 aliphatic heterocycles. The first kappa shape index (κ1) is 13.1. The van der Waals surface area contributed by atoms with E-state index in [4.69, 9.17) is 5.73 Å². The maximum absolute atomic E-state index is 5.68. The van der Waals surface area contributed by atoms with Gasteiger partial charge in [-0.2, -0.15) is 0 Å². The minimum Gasteiger partial charge on any atom is -0.375 e. The number of aromatic nitrogens is 1. The van der Waals surface area contributed by atoms with Crippen molar-refractivity contribution < 1.29 is 0 Å². The lowest BCUT2D eigenvalue weighted by atomic mass is 10.2. The Labute approximate surface area is 122 Å². The van der Waals surface area contributed by atoms with Gasteiger partial charge in [0.2, 0.25) is 0 Å². The summed E-state index contributed by atoms with van der Waals surface area (Å²) in [5, 5.41) is 2.69. The zero-order chi connectivity index (χ0) is 13.1. The first-order valence-corrected chi connectivity index (χ1v) is 8.53. The summed E-state index contributed by atoms with van der Waals surface area (Å²) in [4.78, 5) is 9.61. The first-order chi connectivity index (χ1) is 9.31. The van der Waals surface area contributed by atoms with E-state index < -0.39 is 0 Å². The lowest BCUT2D eigenvalue weighted by Gasteiger charge is -2.13. The Kier molecular flexibility index (Phi) is 4.15. The molecule has 5 heteroatoms. The maximum atomic E-state index is 5.68. The molecule has 0 aromatic carbocycles. The number of nitrogens with zero attached hydrogens (tertiary/aromatic N) is 2. The molecule has 0 spiro atoms. The van der Waals surface area contributed by atoms with Crippen LogP contribution in [0.2, 0.25) is 0 Å². The van der Waals surface area contributed by atoms with Crippen LogP contribution < -0.4 is 5.73 Å². The van der Waals surface area contributed by atoms with Crippen molar-refractivity contribution in [2.75, 3.05) is 25.4 Å². The summed E-state index contributed by atoms with van der Waals surface area (Å²) in [6.45, 7) is 3.85. The van der Waals surface area contributed by atoms with E-state index in [1.54, 1.807) is 0 Å². The van der Waals surface area contributed by atoms with E-state index >= 15 is 0 Å². The Bertz CT molecular complexity index is 526. The van der Waals surface area contributed by atoms with Crippen LogP contribution in [0.1, 0.15) is 24.1 Å². The second-order valence-electron chi connectivity index (χ2n) is 4.99. The van der Waals surface area contributed by atoms with Crippen LogP contribution in [0.3, 0.4) is 0 Å². The SMILES string of the molecule is Nc1nc(-c2ccc(CCCN3CCCC3)s2)cs1. The summed E-state index contributed by atoms with van der Waals surface area (Å²) in [7, 11) is 0. The molecule has 2 N–H and O–H groups in total. The van der Waals surface area contributed by atoms with Gasteiger partial charge in [-0.1, -0.05) is 0 Å². The van der Waals surface area contributed by atoms with Gasteiger partial charge in [-0.15, -0.1) is 22.7 Å². The molecule has 0 unspecified atom stereocenters. The van der Waals surface area contributed by atoms with Gasteiger partial charge in [0.25, 0.3) is 0 Å². The van der Waals surface area contributed by atoms with Gasteiger partial charge in [0.1, 0.15) is 0 Å². The number of hydrogen-bond donors (Lipinski definition) is 1. The van der Waals surface area contributed by atoms with Crippen molar-refractivity contribution in [3.8, 4) is 10.6 Å². The smallest absolute Gasteiger partial charge is 0.180 e. The van der Waals surface area contributed by atoms with E-state index in [2.05, 4.69) is 22.0 Å². The Morgan fingerprint density at radius 1 is 1.26 bits per heavy atom. The Morgan fingerprint density at radius 3 is 2.84 bits per heavy atom. The van der Waals surface area contributed by atoms with Crippen molar-refractivity contribution in [2.24, 2.45) is 0 Å². The number of hydrogen-bond acceptors (Lipinski definition) is 5. The third-order valence-corrected chi connectivity index (χ3v) is 5.37. The predicted molar refractivity (Wildman–Crippen MR) is 83.8 cm³/mol. The summed E-state index contributed by atoms with van der Waals surface area (Å²) in [6, 6.07) is 4.41. The third-order valence-electron chi connectivity index (χ3n) is 3.53. The maximum Gasteiger partial charge on any atom is 0.180 e. The zero-order valence-corrected chi connectivity index (χ0v) is 12.6. The van der Waals surface area contributed by atoms with Crippen LogP contribution in [0, 0.1) is 0 Å². The van der Waals surface area contributed by atoms with E-state index in [0.29, 0.717) is 5.13 Å². The molecule has 1 aliphatic rings. The minimum atomic E-state index is 0.652. The summed E-state index contributed by atoms with van der Waals surface area (Å²) >= 11 is 3.36. The zero-order valence-electron chi connectivity index (χ0n) is 11.0. The molecule has 102 valence electrons. The van der Waals surface area contributed by atoms with Gasteiger partial charge < -0.3 is 10.6 Å². The van der Waals surface area contributed by atoms with Gasteiger partial charge in [0, 0.05) is 10.3 Å². The molecular weight excluding hydrogens is 274 g/mol. The van der Waals surface area contributed by atoms with Crippen LogP contribution in [0.5, 0.6) is 0 Å². The number of nitrogens with two attached hydrogens (primary N) is 1. The Hall–Kier alpha value is -0.910. The van der Waals surface area contributed by atoms with Gasteiger partial charge in [-0.25, -0.2) is 4.98 Å². The number of thiazole rings is 1. The van der Waals surface area contributed by atoms with Crippen molar-refractivity contribution in [3.63, 3.8) is 0 Å². The van der Waals surface area contributed by atoms with Gasteiger partial charge in [-0.3, -0.25) is 0 Å². The van der Waals surface area contributed by atoms with Crippen molar-refractivity contribution in [1.82, 2.24) is 9.88 Å². The first-order valence-electron chi connectivity index (χ1n) is 6.84. The summed E-state index contributed by atoms with van der Waals surface area (Å²) in [5.41, 5.74) is 6.71. The average Bonchev–Trinajstić information content (AvgIpc) is 3.09. The van der Waals surface area contributed by atoms with E-state index in [0.717, 1.165) is 5.69 Å². The van der Waals surface area contributed by atoms with Crippen molar-refractivity contribution >= 4 is 27.8 Å². The molecule has 1 fully saturated rings. The van der Waals surface area contributed by atoms with Crippen LogP contribution in [0.15, 0.2) is 17.5 Å². The quantitative estimate of drug-likeness (QED) is 0.917. The number of nitrogen functional groups attached to an aromatic ring is 1. The fraction of sp³-hybridized carbons (Fsp3) is 0.500. The van der Waals surface area contributed by atoms with E-state index in [1.807, 2.05) is 16.7 Å². The van der Waals surface area contributed by atoms with Crippen molar-refractivity contribution in [1.29, 1.82) is 0 Å². The van der Waals surface area contributed by atoms with Gasteiger partial charge >= 0.3 is 0 Å². The number of rotatable bonds is 5. The number of anilines is 1. The second-order valence-corrected chi connectivity index (χ2v) is 7.05. The molecular formula is C14H19N3S2. The van der Waals surface area contributed by atoms with Crippen molar-refractivity contribution in [2.45, 2.75) is 25.7 Å². The molecule has 0 amide bonds. The third kappa shape index (κ3) is 3.35. The van der Waals surface area contributed by atoms with E-state index in [9.17, 15) is 0 Å². The molecule has 3 nitrogen and oxygen atoms in total. The number of aryl methyl sites for hydroxylation is 1. The van der Waals surface area contributed by atoms with Gasteiger partial charge in [-0.05, 0) is 57.5 Å². The molecule has 2 aromatic heterocycles. The summed E-state index contributed by atoms with van der Waals surface area (Å²) in [5.74, 6) is 0. The van der Waals surface area contributed by atoms with Gasteiger partial charge in [0.05, 0.1) is 10.6 Å². The Balaban J connectivity index is 1.53. The highest BCUT2D eigenvalue weighted by atomic mass is 32.1. The predicted octanol–water partition coefficient (Wildman–Crippen LogP) is 3.48. The number of thiophene rings is 1. The highest BCUT2D eigenvalue weighted by Gasteiger charge is 2.11. The Morgan fingerprint density at radius 2 is 2.11 bits per heavy atom. The molecule has 2 aromatic rings. The molecule has 19 heavy (non-hydrogen) atoms. The van der Waals surface area contributed by atoms with Crippen LogP contribution in [0.4, 0.5) is 5.13 Å². The number of likely N-dealkylation sites (tertiary alicyclic amines) is 1. The van der Waals surface area contributed by atoms with Crippen LogP contribution in [0.25, 0.3) is 10.6 Å². The minimum absolute atomic E-state index is 0.652. The molecule has 3 rings (SSSR count). The highest BCUT2D eigenvalue weighted by Crippen LogP contribution is 2.30. The molecule has 1 saturated heterocycles. The standard InChI is InChI=1S/C14H19N3S2/c15-14-16-12(10-18-14)13-6-5-11(19-13)4-3-9-17-7-1-2-8-17/h5-6,10H,1-4,7-9H2,(H2,15,16). The van der Waals surface area contributed by atoms with E-state index in [-0.39, 0.29) is 0 Å². The normalized spacial score (nSPS) is 16.2. The molecule has 0 bridgehead atoms. The van der Waals surface area contributed by atoms with Crippen LogP contribution in [-0.2, 0) is 6.42 Å².